The lowest BCUT2D eigenvalue weighted by molar-refractivity contribution is 0.101. The van der Waals surface area contributed by atoms with Crippen molar-refractivity contribution in [3.63, 3.8) is 0 Å². The molecule has 0 spiro atoms. The fourth-order valence-electron chi connectivity index (χ4n) is 2.14. The molecule has 0 atom stereocenters. The fraction of sp³-hybridized carbons (Fsp3) is 0.133. The number of anilines is 1. The Balaban J connectivity index is 1.93. The van der Waals surface area contributed by atoms with Gasteiger partial charge in [0.1, 0.15) is 11.5 Å². The molecule has 3 rings (SSSR count). The molecular weight excluding hydrogens is 302 g/mol. The Morgan fingerprint density at radius 2 is 1.95 bits per heavy atom. The van der Waals surface area contributed by atoms with Gasteiger partial charge in [-0.2, -0.15) is 10.2 Å². The number of amides is 1. The number of halogens is 1. The van der Waals surface area contributed by atoms with Gasteiger partial charge in [-0.25, -0.2) is 4.68 Å². The number of carbonyl (C=O) groups is 1. The minimum absolute atomic E-state index is 0.241. The summed E-state index contributed by atoms with van der Waals surface area (Å²) in [6, 6.07) is 10.7. The van der Waals surface area contributed by atoms with Crippen LogP contribution in [0, 0.1) is 6.92 Å². The third-order valence-corrected chi connectivity index (χ3v) is 3.45. The number of aromatic nitrogens is 4. The van der Waals surface area contributed by atoms with Gasteiger partial charge in [0, 0.05) is 24.3 Å². The maximum atomic E-state index is 12.3. The van der Waals surface area contributed by atoms with E-state index in [2.05, 4.69) is 15.5 Å². The van der Waals surface area contributed by atoms with Crippen LogP contribution in [-0.2, 0) is 7.05 Å². The summed E-state index contributed by atoms with van der Waals surface area (Å²) in [5.41, 5.74) is 2.09. The fourth-order valence-corrected chi connectivity index (χ4v) is 2.27. The Labute approximate surface area is 132 Å². The van der Waals surface area contributed by atoms with Crippen LogP contribution in [0.5, 0.6) is 0 Å². The normalized spacial score (nSPS) is 10.7. The minimum Gasteiger partial charge on any atom is -0.305 e. The van der Waals surface area contributed by atoms with Gasteiger partial charge in [-0.15, -0.1) is 0 Å². The number of benzene rings is 1. The third kappa shape index (κ3) is 2.73. The SMILES string of the molecule is Cc1cc(NC(=O)c2ccnn2C)n(-c2ccc(Cl)cc2)n1. The number of hydrogen-bond donors (Lipinski definition) is 1. The number of nitrogens with zero attached hydrogens (tertiary/aromatic N) is 4. The predicted octanol–water partition coefficient (Wildman–Crippen LogP) is 2.82. The summed E-state index contributed by atoms with van der Waals surface area (Å²) in [7, 11) is 1.72. The molecule has 1 amide bonds. The monoisotopic (exact) mass is 315 g/mol. The van der Waals surface area contributed by atoms with E-state index in [9.17, 15) is 4.79 Å². The summed E-state index contributed by atoms with van der Waals surface area (Å²) in [5, 5.41) is 11.9. The molecule has 6 nitrogen and oxygen atoms in total. The van der Waals surface area contributed by atoms with E-state index in [-0.39, 0.29) is 5.91 Å². The van der Waals surface area contributed by atoms with Crippen molar-refractivity contribution in [2.45, 2.75) is 6.92 Å². The molecule has 22 heavy (non-hydrogen) atoms. The Kier molecular flexibility index (Phi) is 3.68. The second-order valence-electron chi connectivity index (χ2n) is 4.85. The topological polar surface area (TPSA) is 64.7 Å². The molecule has 2 heterocycles. The average Bonchev–Trinajstić information content (AvgIpc) is 3.06. The number of aryl methyl sites for hydroxylation is 2. The summed E-state index contributed by atoms with van der Waals surface area (Å²) in [4.78, 5) is 12.3. The van der Waals surface area contributed by atoms with Crippen molar-refractivity contribution in [1.82, 2.24) is 19.6 Å². The Hall–Kier alpha value is -2.60. The Morgan fingerprint density at radius 1 is 1.23 bits per heavy atom. The highest BCUT2D eigenvalue weighted by Gasteiger charge is 2.14. The molecule has 0 bridgehead atoms. The molecule has 1 aromatic carbocycles. The quantitative estimate of drug-likeness (QED) is 0.808. The first-order chi connectivity index (χ1) is 10.5. The Bertz CT molecular complexity index is 819. The second-order valence-corrected chi connectivity index (χ2v) is 5.29. The Morgan fingerprint density at radius 3 is 2.59 bits per heavy atom. The molecule has 0 aliphatic carbocycles. The maximum absolute atomic E-state index is 12.3. The van der Waals surface area contributed by atoms with Crippen molar-refractivity contribution in [3.8, 4) is 5.69 Å². The largest absolute Gasteiger partial charge is 0.305 e. The molecule has 1 N–H and O–H groups in total. The first-order valence-corrected chi connectivity index (χ1v) is 7.04. The summed E-state index contributed by atoms with van der Waals surface area (Å²) >= 11 is 5.90. The molecule has 0 aliphatic heterocycles. The van der Waals surface area contributed by atoms with Crippen LogP contribution in [0.4, 0.5) is 5.82 Å². The molecule has 0 unspecified atom stereocenters. The molecule has 0 saturated heterocycles. The van der Waals surface area contributed by atoms with Crippen molar-refractivity contribution in [1.29, 1.82) is 0 Å². The van der Waals surface area contributed by atoms with Gasteiger partial charge in [0.25, 0.3) is 5.91 Å². The first kappa shape index (κ1) is 14.3. The highest BCUT2D eigenvalue weighted by atomic mass is 35.5. The molecule has 7 heteroatoms. The van der Waals surface area contributed by atoms with Gasteiger partial charge in [-0.3, -0.25) is 9.48 Å². The van der Waals surface area contributed by atoms with Crippen LogP contribution in [0.15, 0.2) is 42.6 Å². The van der Waals surface area contributed by atoms with Crippen molar-refractivity contribution in [2.24, 2.45) is 7.05 Å². The second kappa shape index (κ2) is 5.65. The summed E-state index contributed by atoms with van der Waals surface area (Å²) in [6.07, 6.45) is 1.58. The van der Waals surface area contributed by atoms with Crippen LogP contribution < -0.4 is 5.32 Å². The summed E-state index contributed by atoms with van der Waals surface area (Å²) < 4.78 is 3.19. The zero-order valence-corrected chi connectivity index (χ0v) is 12.9. The molecule has 0 saturated carbocycles. The zero-order valence-electron chi connectivity index (χ0n) is 12.1. The van der Waals surface area contributed by atoms with Gasteiger partial charge in [0.15, 0.2) is 0 Å². The lowest BCUT2D eigenvalue weighted by atomic mass is 10.3. The van der Waals surface area contributed by atoms with Gasteiger partial charge >= 0.3 is 0 Å². The zero-order chi connectivity index (χ0) is 15.7. The predicted molar refractivity (Wildman–Crippen MR) is 84.5 cm³/mol. The maximum Gasteiger partial charge on any atom is 0.275 e. The standard InChI is InChI=1S/C15H14ClN5O/c1-10-9-14(18-15(22)13-7-8-17-20(13)2)21(19-10)12-5-3-11(16)4-6-12/h3-9H,1-2H3,(H,18,22). The van der Waals surface area contributed by atoms with Crippen LogP contribution in [0.3, 0.4) is 0 Å². The lowest BCUT2D eigenvalue weighted by Gasteiger charge is -2.09. The molecule has 0 aliphatic rings. The van der Waals surface area contributed by atoms with E-state index >= 15 is 0 Å². The number of hydrogen-bond acceptors (Lipinski definition) is 3. The van der Waals surface area contributed by atoms with Gasteiger partial charge in [0.2, 0.25) is 0 Å². The summed E-state index contributed by atoms with van der Waals surface area (Å²) in [6.45, 7) is 1.87. The van der Waals surface area contributed by atoms with Crippen LogP contribution in [0.2, 0.25) is 5.02 Å². The number of carbonyl (C=O) groups excluding carboxylic acids is 1. The highest BCUT2D eigenvalue weighted by molar-refractivity contribution is 6.30. The van der Waals surface area contributed by atoms with E-state index in [1.54, 1.807) is 36.1 Å². The molecule has 112 valence electrons. The van der Waals surface area contributed by atoms with Gasteiger partial charge in [-0.1, -0.05) is 11.6 Å². The van der Waals surface area contributed by atoms with Crippen molar-refractivity contribution in [3.05, 3.63) is 59.0 Å². The van der Waals surface area contributed by atoms with Crippen LogP contribution in [0.25, 0.3) is 5.69 Å². The van der Waals surface area contributed by atoms with E-state index < -0.39 is 0 Å². The van der Waals surface area contributed by atoms with Crippen molar-refractivity contribution in [2.75, 3.05) is 5.32 Å². The van der Waals surface area contributed by atoms with E-state index in [0.29, 0.717) is 16.5 Å². The van der Waals surface area contributed by atoms with Crippen molar-refractivity contribution < 1.29 is 4.79 Å². The third-order valence-electron chi connectivity index (χ3n) is 3.20. The molecule has 3 aromatic rings. The van der Waals surface area contributed by atoms with E-state index in [1.807, 2.05) is 25.1 Å². The minimum atomic E-state index is -0.241. The van der Waals surface area contributed by atoms with Gasteiger partial charge < -0.3 is 5.32 Å². The van der Waals surface area contributed by atoms with E-state index in [4.69, 9.17) is 11.6 Å². The van der Waals surface area contributed by atoms with Gasteiger partial charge in [0.05, 0.1) is 11.4 Å². The number of nitrogens with one attached hydrogen (secondary N) is 1. The van der Waals surface area contributed by atoms with Crippen LogP contribution in [0.1, 0.15) is 16.2 Å². The van der Waals surface area contributed by atoms with E-state index in [0.717, 1.165) is 11.4 Å². The average molecular weight is 316 g/mol. The molecule has 0 radical (unpaired) electrons. The molecule has 0 fully saturated rings. The lowest BCUT2D eigenvalue weighted by Crippen LogP contribution is -2.18. The van der Waals surface area contributed by atoms with Crippen LogP contribution >= 0.6 is 11.6 Å². The van der Waals surface area contributed by atoms with Crippen molar-refractivity contribution >= 4 is 23.3 Å². The summed E-state index contributed by atoms with van der Waals surface area (Å²) in [5.74, 6) is 0.348. The molecule has 2 aromatic heterocycles. The number of rotatable bonds is 3. The molecular formula is C15H14ClN5O. The van der Waals surface area contributed by atoms with Crippen LogP contribution in [-0.4, -0.2) is 25.5 Å². The van der Waals surface area contributed by atoms with Gasteiger partial charge in [-0.05, 0) is 37.3 Å². The van der Waals surface area contributed by atoms with E-state index in [1.165, 1.54) is 4.68 Å². The first-order valence-electron chi connectivity index (χ1n) is 6.66. The highest BCUT2D eigenvalue weighted by Crippen LogP contribution is 2.19. The smallest absolute Gasteiger partial charge is 0.275 e.